The van der Waals surface area contributed by atoms with Gasteiger partial charge >= 0.3 is 5.97 Å². The third-order valence-corrected chi connectivity index (χ3v) is 2.31. The smallest absolute Gasteiger partial charge is 0.337 e. The number of aliphatic carboxylic acids is 1. The van der Waals surface area contributed by atoms with E-state index in [4.69, 9.17) is 9.84 Å². The van der Waals surface area contributed by atoms with Crippen LogP contribution in [0.3, 0.4) is 0 Å². The third kappa shape index (κ3) is 2.30. The second-order valence-electron chi connectivity index (χ2n) is 2.63. The first kappa shape index (κ1) is 11.1. The quantitative estimate of drug-likeness (QED) is 0.910. The molecule has 1 N–H and O–H groups in total. The Morgan fingerprint density at radius 1 is 1.64 bits per heavy atom. The summed E-state index contributed by atoms with van der Waals surface area (Å²) in [6.45, 7) is 0. The molecule has 0 aliphatic carbocycles. The summed E-state index contributed by atoms with van der Waals surface area (Å²) in [5.41, 5.74) is 0.397. The Labute approximate surface area is 88.6 Å². The summed E-state index contributed by atoms with van der Waals surface area (Å²) in [5, 5.41) is 8.75. The van der Waals surface area contributed by atoms with E-state index in [2.05, 4.69) is 15.9 Å². The highest BCUT2D eigenvalue weighted by Crippen LogP contribution is 2.23. The molecule has 0 heterocycles. The zero-order valence-corrected chi connectivity index (χ0v) is 8.92. The van der Waals surface area contributed by atoms with Crippen molar-refractivity contribution in [1.29, 1.82) is 0 Å². The molecule has 76 valence electrons. The van der Waals surface area contributed by atoms with Crippen LogP contribution in [0, 0.1) is 5.82 Å². The topological polar surface area (TPSA) is 46.5 Å². The Morgan fingerprint density at radius 2 is 2.29 bits per heavy atom. The minimum atomic E-state index is -1.11. The summed E-state index contributed by atoms with van der Waals surface area (Å²) in [5.74, 6) is -1.54. The first-order chi connectivity index (χ1) is 6.56. The maximum atomic E-state index is 12.8. The lowest BCUT2D eigenvalue weighted by atomic mass is 10.1. The predicted octanol–water partition coefficient (Wildman–Crippen LogP) is 2.36. The Kier molecular flexibility index (Phi) is 3.60. The zero-order valence-electron chi connectivity index (χ0n) is 7.33. The molecule has 0 bridgehead atoms. The van der Waals surface area contributed by atoms with Gasteiger partial charge in [0.15, 0.2) is 6.10 Å². The molecule has 1 aromatic carbocycles. The molecule has 3 nitrogen and oxygen atoms in total. The highest BCUT2D eigenvalue weighted by atomic mass is 79.9. The molecule has 0 aliphatic heterocycles. The first-order valence-electron chi connectivity index (χ1n) is 3.77. The van der Waals surface area contributed by atoms with Crippen LogP contribution in [0.5, 0.6) is 0 Å². The number of hydrogen-bond acceptors (Lipinski definition) is 2. The van der Waals surface area contributed by atoms with E-state index in [-0.39, 0.29) is 4.47 Å². The second kappa shape index (κ2) is 4.52. The van der Waals surface area contributed by atoms with Crippen molar-refractivity contribution in [3.05, 3.63) is 34.1 Å². The molecule has 0 amide bonds. The van der Waals surface area contributed by atoms with Crippen molar-refractivity contribution in [1.82, 2.24) is 0 Å². The molecule has 1 atom stereocenters. The molecule has 0 saturated heterocycles. The van der Waals surface area contributed by atoms with Gasteiger partial charge in [0.2, 0.25) is 0 Å². The molecule has 1 unspecified atom stereocenters. The molecule has 1 aromatic rings. The van der Waals surface area contributed by atoms with Gasteiger partial charge in [-0.3, -0.25) is 0 Å². The van der Waals surface area contributed by atoms with Crippen LogP contribution in [0.15, 0.2) is 22.7 Å². The number of rotatable bonds is 3. The minimum Gasteiger partial charge on any atom is -0.479 e. The lowest BCUT2D eigenvalue weighted by Crippen LogP contribution is -2.13. The number of halogens is 2. The lowest BCUT2D eigenvalue weighted by Gasteiger charge is -2.10. The van der Waals surface area contributed by atoms with Crippen molar-refractivity contribution < 1.29 is 19.0 Å². The third-order valence-electron chi connectivity index (χ3n) is 1.71. The van der Waals surface area contributed by atoms with E-state index in [1.807, 2.05) is 0 Å². The normalized spacial score (nSPS) is 12.5. The predicted molar refractivity (Wildman–Crippen MR) is 51.5 cm³/mol. The van der Waals surface area contributed by atoms with Crippen LogP contribution in [0.1, 0.15) is 11.7 Å². The Bertz CT molecular complexity index is 354. The second-order valence-corrected chi connectivity index (χ2v) is 3.48. The van der Waals surface area contributed by atoms with Crippen LogP contribution >= 0.6 is 15.9 Å². The number of ether oxygens (including phenoxy) is 1. The molecule has 0 spiro atoms. The van der Waals surface area contributed by atoms with Crippen LogP contribution in [-0.2, 0) is 9.53 Å². The van der Waals surface area contributed by atoms with E-state index in [1.165, 1.54) is 25.3 Å². The summed E-state index contributed by atoms with van der Waals surface area (Å²) >= 11 is 2.97. The Hall–Kier alpha value is -0.940. The number of methoxy groups -OCH3 is 1. The van der Waals surface area contributed by atoms with Crippen LogP contribution in [0.25, 0.3) is 0 Å². The highest BCUT2D eigenvalue weighted by Gasteiger charge is 2.19. The molecule has 0 radical (unpaired) electrons. The summed E-state index contributed by atoms with van der Waals surface area (Å²) < 4.78 is 17.8. The fourth-order valence-corrected chi connectivity index (χ4v) is 1.45. The average Bonchev–Trinajstić information content (AvgIpc) is 2.11. The average molecular weight is 263 g/mol. The van der Waals surface area contributed by atoms with E-state index in [9.17, 15) is 9.18 Å². The molecule has 14 heavy (non-hydrogen) atoms. The molecular formula is C9H8BrFO3. The molecule has 0 aromatic heterocycles. The van der Waals surface area contributed by atoms with Gasteiger partial charge in [-0.15, -0.1) is 0 Å². The van der Waals surface area contributed by atoms with Crippen molar-refractivity contribution in [3.8, 4) is 0 Å². The van der Waals surface area contributed by atoms with E-state index in [0.717, 1.165) is 0 Å². The van der Waals surface area contributed by atoms with Gasteiger partial charge in [-0.1, -0.05) is 6.07 Å². The number of benzene rings is 1. The Morgan fingerprint density at radius 3 is 2.71 bits per heavy atom. The molecule has 5 heteroatoms. The maximum Gasteiger partial charge on any atom is 0.337 e. The molecule has 0 aliphatic rings. The van der Waals surface area contributed by atoms with Gasteiger partial charge in [0, 0.05) is 7.11 Å². The molecular weight excluding hydrogens is 255 g/mol. The van der Waals surface area contributed by atoms with Crippen LogP contribution < -0.4 is 0 Å². The van der Waals surface area contributed by atoms with Gasteiger partial charge in [-0.25, -0.2) is 9.18 Å². The van der Waals surface area contributed by atoms with E-state index < -0.39 is 17.9 Å². The van der Waals surface area contributed by atoms with Crippen molar-refractivity contribution in [2.45, 2.75) is 6.10 Å². The molecule has 0 saturated carbocycles. The first-order valence-corrected chi connectivity index (χ1v) is 4.56. The number of carboxylic acid groups (broad SMARTS) is 1. The van der Waals surface area contributed by atoms with Crippen molar-refractivity contribution in [2.75, 3.05) is 7.11 Å². The largest absolute Gasteiger partial charge is 0.479 e. The van der Waals surface area contributed by atoms with Crippen molar-refractivity contribution >= 4 is 21.9 Å². The molecule has 1 rings (SSSR count). The fraction of sp³-hybridized carbons (Fsp3) is 0.222. The summed E-state index contributed by atoms with van der Waals surface area (Å²) in [6, 6.07) is 3.95. The van der Waals surface area contributed by atoms with E-state index in [1.54, 1.807) is 0 Å². The summed E-state index contributed by atoms with van der Waals surface area (Å²) in [7, 11) is 1.29. The van der Waals surface area contributed by atoms with Gasteiger partial charge < -0.3 is 9.84 Å². The van der Waals surface area contributed by atoms with Gasteiger partial charge in [-0.2, -0.15) is 0 Å². The van der Waals surface area contributed by atoms with Gasteiger partial charge in [0.25, 0.3) is 0 Å². The fourth-order valence-electron chi connectivity index (χ4n) is 1.05. The standard InChI is InChI=1S/C9H8BrFO3/c1-14-8(9(12)13)5-2-3-7(11)6(10)4-5/h2-4,8H,1H3,(H,12,13). The molecule has 0 fully saturated rings. The van der Waals surface area contributed by atoms with E-state index in [0.29, 0.717) is 5.56 Å². The van der Waals surface area contributed by atoms with Crippen LogP contribution in [-0.4, -0.2) is 18.2 Å². The minimum absolute atomic E-state index is 0.221. The number of hydrogen-bond donors (Lipinski definition) is 1. The highest BCUT2D eigenvalue weighted by molar-refractivity contribution is 9.10. The van der Waals surface area contributed by atoms with Crippen molar-refractivity contribution in [2.24, 2.45) is 0 Å². The Balaban J connectivity index is 3.06. The van der Waals surface area contributed by atoms with Gasteiger partial charge in [0.1, 0.15) is 5.82 Å². The van der Waals surface area contributed by atoms with E-state index >= 15 is 0 Å². The SMILES string of the molecule is COC(C(=O)O)c1ccc(F)c(Br)c1. The van der Waals surface area contributed by atoms with Crippen LogP contribution in [0.2, 0.25) is 0 Å². The zero-order chi connectivity index (χ0) is 10.7. The summed E-state index contributed by atoms with van der Waals surface area (Å²) in [4.78, 5) is 10.7. The maximum absolute atomic E-state index is 12.8. The number of carbonyl (C=O) groups is 1. The monoisotopic (exact) mass is 262 g/mol. The van der Waals surface area contributed by atoms with Crippen LogP contribution in [0.4, 0.5) is 4.39 Å². The lowest BCUT2D eigenvalue weighted by molar-refractivity contribution is -0.148. The van der Waals surface area contributed by atoms with Gasteiger partial charge in [-0.05, 0) is 33.6 Å². The number of carboxylic acids is 1. The van der Waals surface area contributed by atoms with Gasteiger partial charge in [0.05, 0.1) is 4.47 Å². The summed E-state index contributed by atoms with van der Waals surface area (Å²) in [6.07, 6.45) is -1.06. The van der Waals surface area contributed by atoms with Crippen molar-refractivity contribution in [3.63, 3.8) is 0 Å².